The summed E-state index contributed by atoms with van der Waals surface area (Å²) in [5.41, 5.74) is 11.5. The van der Waals surface area contributed by atoms with Crippen molar-refractivity contribution in [3.8, 4) is 12.1 Å². The molecule has 1 spiro atoms. The number of carbonyl (C=O) groups is 1. The summed E-state index contributed by atoms with van der Waals surface area (Å²) in [6, 6.07) is 4.40. The molecule has 1 heterocycles. The molecule has 0 aromatic carbocycles. The largest absolute Gasteiger partial charge is 0.384 e. The molecular weight excluding hydrogens is 286 g/mol. The molecule has 110 valence electrons. The minimum absolute atomic E-state index is 0.0682. The first-order valence-corrected chi connectivity index (χ1v) is 7.77. The zero-order valence-electron chi connectivity index (χ0n) is 11.6. The van der Waals surface area contributed by atoms with Crippen LogP contribution in [0.15, 0.2) is 22.0 Å². The van der Waals surface area contributed by atoms with Crippen molar-refractivity contribution in [2.24, 2.45) is 16.9 Å². The quantitative estimate of drug-likeness (QED) is 0.718. The van der Waals surface area contributed by atoms with Crippen LogP contribution in [0.25, 0.3) is 0 Å². The van der Waals surface area contributed by atoms with E-state index in [2.05, 4.69) is 17.5 Å². The monoisotopic (exact) mass is 303 g/mol. The molecule has 1 saturated carbocycles. The van der Waals surface area contributed by atoms with Gasteiger partial charge in [-0.25, -0.2) is 0 Å². The van der Waals surface area contributed by atoms with Crippen LogP contribution >= 0.6 is 11.8 Å². The molecule has 0 aromatic rings. The number of nitrogens with one attached hydrogen (secondary N) is 1. The number of nitrogens with two attached hydrogens (primary N) is 2. The maximum Gasteiger partial charge on any atom is 0.227 e. The van der Waals surface area contributed by atoms with Crippen LogP contribution in [0.3, 0.4) is 0 Å². The van der Waals surface area contributed by atoms with Gasteiger partial charge in [-0.05, 0) is 12.8 Å². The van der Waals surface area contributed by atoms with E-state index in [1.54, 1.807) is 0 Å². The summed E-state index contributed by atoms with van der Waals surface area (Å²) in [6.45, 7) is 0. The second-order valence-corrected chi connectivity index (χ2v) is 6.22. The molecule has 5 N–H and O–H groups in total. The Labute approximate surface area is 127 Å². The lowest BCUT2D eigenvalue weighted by molar-refractivity contribution is -0.115. The van der Waals surface area contributed by atoms with Gasteiger partial charge < -0.3 is 16.8 Å². The van der Waals surface area contributed by atoms with Gasteiger partial charge in [0.1, 0.15) is 5.82 Å². The Balaban J connectivity index is 2.48. The van der Waals surface area contributed by atoms with Crippen LogP contribution in [-0.4, -0.2) is 11.7 Å². The SMILES string of the molecule is N#CC1=C(N)NC(SCC(N)=O)=C(C#N)C12CCCCC2. The number of hydrogen-bond donors (Lipinski definition) is 3. The summed E-state index contributed by atoms with van der Waals surface area (Å²) < 4.78 is 0. The molecule has 1 fully saturated rings. The average molecular weight is 303 g/mol. The van der Waals surface area contributed by atoms with Crippen molar-refractivity contribution in [3.05, 3.63) is 22.0 Å². The van der Waals surface area contributed by atoms with Crippen molar-refractivity contribution in [1.82, 2.24) is 5.32 Å². The Morgan fingerprint density at radius 1 is 1.24 bits per heavy atom. The number of primary amides is 1. The molecule has 0 aromatic heterocycles. The van der Waals surface area contributed by atoms with Crippen LogP contribution in [0.5, 0.6) is 0 Å². The van der Waals surface area contributed by atoms with Gasteiger partial charge in [-0.2, -0.15) is 10.5 Å². The number of hydrogen-bond acceptors (Lipinski definition) is 6. The van der Waals surface area contributed by atoms with E-state index >= 15 is 0 Å². The van der Waals surface area contributed by atoms with Crippen molar-refractivity contribution in [2.75, 3.05) is 5.75 Å². The number of carbonyl (C=O) groups excluding carboxylic acids is 1. The Morgan fingerprint density at radius 3 is 2.38 bits per heavy atom. The Kier molecular flexibility index (Phi) is 4.44. The average Bonchev–Trinajstić information content (AvgIpc) is 2.46. The molecule has 1 aliphatic carbocycles. The topological polar surface area (TPSA) is 129 Å². The fraction of sp³-hybridized carbons (Fsp3) is 0.500. The third kappa shape index (κ3) is 2.70. The second kappa shape index (κ2) is 6.11. The van der Waals surface area contributed by atoms with Crippen molar-refractivity contribution >= 4 is 17.7 Å². The highest BCUT2D eigenvalue weighted by atomic mass is 32.2. The summed E-state index contributed by atoms with van der Waals surface area (Å²) >= 11 is 1.17. The summed E-state index contributed by atoms with van der Waals surface area (Å²) in [6.07, 6.45) is 4.48. The van der Waals surface area contributed by atoms with Crippen molar-refractivity contribution < 1.29 is 4.79 Å². The van der Waals surface area contributed by atoms with E-state index in [1.807, 2.05) is 0 Å². The number of rotatable bonds is 3. The third-order valence-corrected chi connectivity index (χ3v) is 5.01. The molecule has 6 nitrogen and oxygen atoms in total. The third-order valence-electron chi connectivity index (χ3n) is 3.99. The summed E-state index contributed by atoms with van der Waals surface area (Å²) in [5, 5.41) is 22.5. The summed E-state index contributed by atoms with van der Waals surface area (Å²) in [7, 11) is 0. The van der Waals surface area contributed by atoms with Crippen molar-refractivity contribution in [1.29, 1.82) is 10.5 Å². The maximum absolute atomic E-state index is 11.0. The van der Waals surface area contributed by atoms with E-state index < -0.39 is 11.3 Å². The van der Waals surface area contributed by atoms with Crippen LogP contribution in [0, 0.1) is 28.1 Å². The van der Waals surface area contributed by atoms with Gasteiger partial charge in [0.2, 0.25) is 5.91 Å². The predicted octanol–water partition coefficient (Wildman–Crippen LogP) is 1.19. The van der Waals surface area contributed by atoms with Gasteiger partial charge in [0.05, 0.1) is 34.1 Å². The highest BCUT2D eigenvalue weighted by molar-refractivity contribution is 8.03. The lowest BCUT2D eigenvalue weighted by atomic mass is 9.64. The molecule has 2 rings (SSSR count). The Bertz CT molecular complexity index is 602. The highest BCUT2D eigenvalue weighted by Gasteiger charge is 2.45. The number of nitrogens with zero attached hydrogens (tertiary/aromatic N) is 2. The zero-order valence-corrected chi connectivity index (χ0v) is 12.4. The first-order valence-electron chi connectivity index (χ1n) is 6.78. The van der Waals surface area contributed by atoms with Gasteiger partial charge in [0.15, 0.2) is 0 Å². The van der Waals surface area contributed by atoms with Gasteiger partial charge in [-0.1, -0.05) is 31.0 Å². The van der Waals surface area contributed by atoms with Gasteiger partial charge >= 0.3 is 0 Å². The maximum atomic E-state index is 11.0. The van der Waals surface area contributed by atoms with Crippen molar-refractivity contribution in [3.63, 3.8) is 0 Å². The number of thioether (sulfide) groups is 1. The molecule has 7 heteroatoms. The van der Waals surface area contributed by atoms with E-state index in [-0.39, 0.29) is 11.6 Å². The molecule has 2 aliphatic rings. The fourth-order valence-corrected chi connectivity index (χ4v) is 3.93. The number of dihydropyridines is 1. The lowest BCUT2D eigenvalue weighted by Crippen LogP contribution is -2.39. The molecular formula is C14H17N5OS. The van der Waals surface area contributed by atoms with E-state index in [4.69, 9.17) is 11.5 Å². The van der Waals surface area contributed by atoms with Gasteiger partial charge in [-0.3, -0.25) is 4.79 Å². The minimum atomic E-state index is -0.600. The molecule has 1 amide bonds. The number of allylic oxidation sites excluding steroid dienone is 2. The molecule has 0 unspecified atom stereocenters. The first-order chi connectivity index (χ1) is 10.0. The molecule has 21 heavy (non-hydrogen) atoms. The van der Waals surface area contributed by atoms with Crippen LogP contribution in [0.1, 0.15) is 32.1 Å². The predicted molar refractivity (Wildman–Crippen MR) is 79.8 cm³/mol. The van der Waals surface area contributed by atoms with Gasteiger partial charge in [0.25, 0.3) is 0 Å². The van der Waals surface area contributed by atoms with Crippen LogP contribution < -0.4 is 16.8 Å². The van der Waals surface area contributed by atoms with E-state index in [1.165, 1.54) is 11.8 Å². The molecule has 1 aliphatic heterocycles. The normalized spacial score (nSPS) is 20.7. The smallest absolute Gasteiger partial charge is 0.227 e. The fourth-order valence-electron chi connectivity index (χ4n) is 3.08. The van der Waals surface area contributed by atoms with E-state index in [0.29, 0.717) is 16.2 Å². The minimum Gasteiger partial charge on any atom is -0.384 e. The Morgan fingerprint density at radius 2 is 1.86 bits per heavy atom. The van der Waals surface area contributed by atoms with Crippen molar-refractivity contribution in [2.45, 2.75) is 32.1 Å². The molecule has 0 atom stereocenters. The Hall–Kier alpha value is -2.12. The van der Waals surface area contributed by atoms with Crippen LogP contribution in [0.2, 0.25) is 0 Å². The number of amides is 1. The zero-order chi connectivity index (χ0) is 15.5. The van der Waals surface area contributed by atoms with Gasteiger partial charge in [-0.15, -0.1) is 0 Å². The molecule has 0 saturated heterocycles. The summed E-state index contributed by atoms with van der Waals surface area (Å²) in [5.74, 6) is -0.109. The van der Waals surface area contributed by atoms with Gasteiger partial charge in [0, 0.05) is 5.41 Å². The first kappa shape index (κ1) is 15.3. The standard InChI is InChI=1S/C14H17N5OS/c15-6-9-12(18)19-13(21-8-11(17)20)10(7-16)14(9)4-2-1-3-5-14/h19H,1-5,8,18H2,(H2,17,20). The highest BCUT2D eigenvalue weighted by Crippen LogP contribution is 2.51. The summed E-state index contributed by atoms with van der Waals surface area (Å²) in [4.78, 5) is 11.0. The molecule has 0 bridgehead atoms. The second-order valence-electron chi connectivity index (χ2n) is 5.24. The van der Waals surface area contributed by atoms with Crippen LogP contribution in [0.4, 0.5) is 0 Å². The van der Waals surface area contributed by atoms with E-state index in [0.717, 1.165) is 32.1 Å². The lowest BCUT2D eigenvalue weighted by Gasteiger charge is -2.40. The van der Waals surface area contributed by atoms with E-state index in [9.17, 15) is 15.3 Å². The molecule has 0 radical (unpaired) electrons. The number of nitriles is 2. The van der Waals surface area contributed by atoms with Crippen LogP contribution in [-0.2, 0) is 4.79 Å².